The van der Waals surface area contributed by atoms with Gasteiger partial charge in [0.1, 0.15) is 5.75 Å². The molecule has 25 heavy (non-hydrogen) atoms. The summed E-state index contributed by atoms with van der Waals surface area (Å²) in [6, 6.07) is 14.9. The van der Waals surface area contributed by atoms with Gasteiger partial charge in [0, 0.05) is 23.3 Å². The summed E-state index contributed by atoms with van der Waals surface area (Å²) >= 11 is 3.46. The van der Waals surface area contributed by atoms with Gasteiger partial charge in [-0.3, -0.25) is 9.59 Å². The summed E-state index contributed by atoms with van der Waals surface area (Å²) in [5.41, 5.74) is 1.22. The number of halogens is 1. The largest absolute Gasteiger partial charge is 0.484 e. The summed E-state index contributed by atoms with van der Waals surface area (Å²) in [6.07, 6.45) is 1.67. The molecule has 0 radical (unpaired) electrons. The average molecular weight is 403 g/mol. The van der Waals surface area contributed by atoms with E-state index < -0.39 is 5.41 Å². The molecule has 2 N–H and O–H groups in total. The zero-order valence-corrected chi connectivity index (χ0v) is 15.4. The van der Waals surface area contributed by atoms with E-state index in [1.165, 1.54) is 0 Å². The lowest BCUT2D eigenvalue weighted by atomic mass is 9.95. The predicted octanol–water partition coefficient (Wildman–Crippen LogP) is 3.24. The second kappa shape index (κ2) is 7.27. The molecule has 0 aromatic heterocycles. The normalized spacial score (nSPS) is 14.5. The van der Waals surface area contributed by atoms with Gasteiger partial charge in [0.15, 0.2) is 6.61 Å². The van der Waals surface area contributed by atoms with Gasteiger partial charge in [-0.1, -0.05) is 34.1 Å². The van der Waals surface area contributed by atoms with Crippen LogP contribution in [0.1, 0.15) is 18.4 Å². The lowest BCUT2D eigenvalue weighted by Gasteiger charge is -2.16. The van der Waals surface area contributed by atoms with Crippen LogP contribution in [0.3, 0.4) is 0 Å². The maximum absolute atomic E-state index is 12.8. The van der Waals surface area contributed by atoms with Crippen LogP contribution < -0.4 is 15.4 Å². The molecule has 2 aromatic carbocycles. The van der Waals surface area contributed by atoms with Crippen molar-refractivity contribution >= 4 is 33.4 Å². The Kier molecular flexibility index (Phi) is 5.08. The minimum Gasteiger partial charge on any atom is -0.484 e. The lowest BCUT2D eigenvalue weighted by molar-refractivity contribution is -0.122. The minimum absolute atomic E-state index is 0.0194. The first-order chi connectivity index (χ1) is 12.0. The molecule has 2 amide bonds. The van der Waals surface area contributed by atoms with Gasteiger partial charge in [-0.05, 0) is 42.7 Å². The van der Waals surface area contributed by atoms with Crippen LogP contribution in [0.15, 0.2) is 53.0 Å². The van der Waals surface area contributed by atoms with E-state index in [0.717, 1.165) is 22.9 Å². The Morgan fingerprint density at radius 2 is 1.92 bits per heavy atom. The molecule has 1 saturated carbocycles. The number of carbonyl (C=O) groups excluding carboxylic acids is 2. The average Bonchev–Trinajstić information content (AvgIpc) is 3.42. The summed E-state index contributed by atoms with van der Waals surface area (Å²) in [5, 5.41) is 5.47. The molecule has 1 aliphatic rings. The molecule has 6 heteroatoms. The molecule has 130 valence electrons. The highest BCUT2D eigenvalue weighted by atomic mass is 79.9. The second-order valence-corrected chi connectivity index (χ2v) is 6.95. The first kappa shape index (κ1) is 17.5. The fraction of sp³-hybridized carbons (Fsp3) is 0.263. The van der Waals surface area contributed by atoms with Crippen molar-refractivity contribution in [2.24, 2.45) is 0 Å². The molecule has 1 aliphatic carbocycles. The van der Waals surface area contributed by atoms with Gasteiger partial charge in [-0.25, -0.2) is 0 Å². The van der Waals surface area contributed by atoms with Crippen LogP contribution in [0.4, 0.5) is 5.69 Å². The van der Waals surface area contributed by atoms with Gasteiger partial charge in [0.05, 0.1) is 5.41 Å². The zero-order valence-electron chi connectivity index (χ0n) is 13.8. The quantitative estimate of drug-likeness (QED) is 0.778. The summed E-state index contributed by atoms with van der Waals surface area (Å²) in [6.45, 7) is -0.0596. The molecule has 0 unspecified atom stereocenters. The van der Waals surface area contributed by atoms with Crippen molar-refractivity contribution in [3.05, 3.63) is 58.6 Å². The molecule has 1 fully saturated rings. The predicted molar refractivity (Wildman–Crippen MR) is 99.7 cm³/mol. The Labute approximate surface area is 154 Å². The van der Waals surface area contributed by atoms with Crippen LogP contribution in [-0.2, 0) is 15.0 Å². The van der Waals surface area contributed by atoms with Crippen molar-refractivity contribution in [3.8, 4) is 5.75 Å². The molecule has 0 spiro atoms. The fourth-order valence-electron chi connectivity index (χ4n) is 2.69. The standard InChI is InChI=1S/C19H19BrN2O3/c1-21-17(23)12-25-16-7-3-6-15(11-16)22-18(24)19(8-9-19)13-4-2-5-14(20)10-13/h2-7,10-11H,8-9,12H2,1H3,(H,21,23)(H,22,24). The second-order valence-electron chi connectivity index (χ2n) is 6.04. The van der Waals surface area contributed by atoms with Crippen molar-refractivity contribution < 1.29 is 14.3 Å². The number of hydrogen-bond donors (Lipinski definition) is 2. The molecule has 0 heterocycles. The van der Waals surface area contributed by atoms with E-state index >= 15 is 0 Å². The van der Waals surface area contributed by atoms with Gasteiger partial charge >= 0.3 is 0 Å². The lowest BCUT2D eigenvalue weighted by Crippen LogP contribution is -2.28. The van der Waals surface area contributed by atoms with Crippen LogP contribution in [0.25, 0.3) is 0 Å². The van der Waals surface area contributed by atoms with E-state index in [9.17, 15) is 9.59 Å². The number of amides is 2. The third-order valence-corrected chi connectivity index (χ3v) is 4.80. The van der Waals surface area contributed by atoms with E-state index in [4.69, 9.17) is 4.74 Å². The fourth-order valence-corrected chi connectivity index (χ4v) is 3.09. The highest BCUT2D eigenvalue weighted by Gasteiger charge is 2.51. The number of nitrogens with one attached hydrogen (secondary N) is 2. The minimum atomic E-state index is -0.456. The van der Waals surface area contributed by atoms with Gasteiger partial charge in [0.25, 0.3) is 5.91 Å². The van der Waals surface area contributed by atoms with E-state index in [0.29, 0.717) is 11.4 Å². The topological polar surface area (TPSA) is 67.4 Å². The number of carbonyl (C=O) groups is 2. The van der Waals surface area contributed by atoms with E-state index in [-0.39, 0.29) is 18.4 Å². The van der Waals surface area contributed by atoms with Crippen LogP contribution in [-0.4, -0.2) is 25.5 Å². The summed E-state index contributed by atoms with van der Waals surface area (Å²) in [5.74, 6) is 0.309. The number of rotatable bonds is 6. The number of ether oxygens (including phenoxy) is 1. The van der Waals surface area contributed by atoms with E-state index in [1.807, 2.05) is 30.3 Å². The van der Waals surface area contributed by atoms with Crippen molar-refractivity contribution in [2.45, 2.75) is 18.3 Å². The van der Waals surface area contributed by atoms with Crippen molar-refractivity contribution in [1.82, 2.24) is 5.32 Å². The number of likely N-dealkylation sites (N-methyl/N-ethyl adjacent to an activating group) is 1. The third kappa shape index (κ3) is 4.02. The first-order valence-electron chi connectivity index (χ1n) is 8.04. The third-order valence-electron chi connectivity index (χ3n) is 4.30. The SMILES string of the molecule is CNC(=O)COc1cccc(NC(=O)C2(c3cccc(Br)c3)CC2)c1. The van der Waals surface area contributed by atoms with Crippen LogP contribution in [0.2, 0.25) is 0 Å². The number of anilines is 1. The maximum atomic E-state index is 12.8. The van der Waals surface area contributed by atoms with E-state index in [1.54, 1.807) is 25.2 Å². The molecule has 0 atom stereocenters. The molecule has 0 saturated heterocycles. The van der Waals surface area contributed by atoms with Crippen LogP contribution in [0, 0.1) is 0 Å². The van der Waals surface area contributed by atoms with Crippen LogP contribution >= 0.6 is 15.9 Å². The zero-order chi connectivity index (χ0) is 17.9. The van der Waals surface area contributed by atoms with E-state index in [2.05, 4.69) is 26.6 Å². The smallest absolute Gasteiger partial charge is 0.257 e. The molecule has 3 rings (SSSR count). The molecule has 0 aliphatic heterocycles. The number of benzene rings is 2. The Hall–Kier alpha value is -2.34. The van der Waals surface area contributed by atoms with Crippen LogP contribution in [0.5, 0.6) is 5.75 Å². The Balaban J connectivity index is 1.70. The molecule has 5 nitrogen and oxygen atoms in total. The van der Waals surface area contributed by atoms with Crippen molar-refractivity contribution in [2.75, 3.05) is 19.0 Å². The van der Waals surface area contributed by atoms with Gasteiger partial charge < -0.3 is 15.4 Å². The Morgan fingerprint density at radius 1 is 1.16 bits per heavy atom. The highest BCUT2D eigenvalue weighted by Crippen LogP contribution is 2.49. The Morgan fingerprint density at radius 3 is 2.60 bits per heavy atom. The maximum Gasteiger partial charge on any atom is 0.257 e. The summed E-state index contributed by atoms with van der Waals surface area (Å²) in [7, 11) is 1.55. The summed E-state index contributed by atoms with van der Waals surface area (Å²) in [4.78, 5) is 24.1. The van der Waals surface area contributed by atoms with Gasteiger partial charge in [-0.2, -0.15) is 0 Å². The van der Waals surface area contributed by atoms with Crippen molar-refractivity contribution in [3.63, 3.8) is 0 Å². The Bertz CT molecular complexity index is 803. The van der Waals surface area contributed by atoms with Gasteiger partial charge in [-0.15, -0.1) is 0 Å². The van der Waals surface area contributed by atoms with Crippen molar-refractivity contribution in [1.29, 1.82) is 0 Å². The molecular formula is C19H19BrN2O3. The molecular weight excluding hydrogens is 384 g/mol. The highest BCUT2D eigenvalue weighted by molar-refractivity contribution is 9.10. The number of hydrogen-bond acceptors (Lipinski definition) is 3. The van der Waals surface area contributed by atoms with Gasteiger partial charge in [0.2, 0.25) is 5.91 Å². The molecule has 0 bridgehead atoms. The monoisotopic (exact) mass is 402 g/mol. The first-order valence-corrected chi connectivity index (χ1v) is 8.84. The summed E-state index contributed by atoms with van der Waals surface area (Å²) < 4.78 is 6.38. The molecule has 2 aromatic rings.